The molecular weight excluding hydrogens is 438 g/mol. The van der Waals surface area contributed by atoms with E-state index in [1.165, 1.54) is 4.52 Å². The maximum absolute atomic E-state index is 13.4. The SMILES string of the molecule is CC(C)(C)C(=O)N1CCN(C(=O)[C@@H]2CCCN2c2nc(N)n3nc(-c4ccco4)nc3n2)CC1. The van der Waals surface area contributed by atoms with Crippen LogP contribution in [0.15, 0.2) is 22.8 Å². The van der Waals surface area contributed by atoms with E-state index < -0.39 is 5.41 Å². The van der Waals surface area contributed by atoms with Gasteiger partial charge in [0.05, 0.1) is 6.26 Å². The van der Waals surface area contributed by atoms with Crippen LogP contribution in [-0.2, 0) is 9.59 Å². The van der Waals surface area contributed by atoms with Gasteiger partial charge in [-0.1, -0.05) is 20.8 Å². The maximum atomic E-state index is 13.4. The van der Waals surface area contributed by atoms with Crippen molar-refractivity contribution >= 4 is 29.5 Å². The summed E-state index contributed by atoms with van der Waals surface area (Å²) in [7, 11) is 0. The van der Waals surface area contributed by atoms with Crippen molar-refractivity contribution in [3.8, 4) is 11.6 Å². The van der Waals surface area contributed by atoms with Gasteiger partial charge in [0.25, 0.3) is 5.78 Å². The number of nitrogen functional groups attached to an aromatic ring is 1. The number of hydrogen-bond acceptors (Lipinski definition) is 9. The van der Waals surface area contributed by atoms with Gasteiger partial charge in [-0.25, -0.2) is 0 Å². The highest BCUT2D eigenvalue weighted by atomic mass is 16.3. The maximum Gasteiger partial charge on any atom is 0.259 e. The molecule has 180 valence electrons. The quantitative estimate of drug-likeness (QED) is 0.598. The number of hydrogen-bond donors (Lipinski definition) is 1. The molecule has 0 aliphatic carbocycles. The van der Waals surface area contributed by atoms with E-state index in [0.29, 0.717) is 62.5 Å². The van der Waals surface area contributed by atoms with Crippen molar-refractivity contribution in [3.63, 3.8) is 0 Å². The molecule has 12 heteroatoms. The van der Waals surface area contributed by atoms with Crippen LogP contribution < -0.4 is 10.6 Å². The van der Waals surface area contributed by atoms with Crippen molar-refractivity contribution in [2.75, 3.05) is 43.4 Å². The molecule has 0 unspecified atom stereocenters. The smallest absolute Gasteiger partial charge is 0.259 e. The van der Waals surface area contributed by atoms with Crippen LogP contribution in [0.4, 0.5) is 11.9 Å². The van der Waals surface area contributed by atoms with Crippen molar-refractivity contribution in [2.24, 2.45) is 5.41 Å². The Bertz CT molecular complexity index is 1210. The molecule has 2 saturated heterocycles. The largest absolute Gasteiger partial charge is 0.461 e. The van der Waals surface area contributed by atoms with Crippen molar-refractivity contribution in [2.45, 2.75) is 39.7 Å². The van der Waals surface area contributed by atoms with E-state index >= 15 is 0 Å². The van der Waals surface area contributed by atoms with Gasteiger partial charge in [-0.05, 0) is 25.0 Å². The minimum atomic E-state index is -0.428. The van der Waals surface area contributed by atoms with Crippen LogP contribution in [0, 0.1) is 5.41 Å². The first-order valence-electron chi connectivity index (χ1n) is 11.5. The minimum Gasteiger partial charge on any atom is -0.461 e. The number of nitrogens with two attached hydrogens (primary N) is 1. The summed E-state index contributed by atoms with van der Waals surface area (Å²) in [6.45, 7) is 8.51. The molecule has 3 aromatic rings. The Hall–Kier alpha value is -3.70. The predicted molar refractivity (Wildman–Crippen MR) is 124 cm³/mol. The number of anilines is 2. The third-order valence-electron chi connectivity index (χ3n) is 6.28. The van der Waals surface area contributed by atoms with Crippen LogP contribution in [-0.4, -0.2) is 84.9 Å². The number of piperazine rings is 1. The zero-order chi connectivity index (χ0) is 24.0. The average molecular weight is 468 g/mol. The molecule has 2 amide bonds. The zero-order valence-corrected chi connectivity index (χ0v) is 19.6. The predicted octanol–water partition coefficient (Wildman–Crippen LogP) is 1.05. The van der Waals surface area contributed by atoms with E-state index in [2.05, 4.69) is 20.1 Å². The molecule has 2 aliphatic heterocycles. The van der Waals surface area contributed by atoms with Crippen molar-refractivity contribution < 1.29 is 14.0 Å². The molecule has 0 radical (unpaired) electrons. The lowest BCUT2D eigenvalue weighted by molar-refractivity contribution is -0.145. The molecule has 0 spiro atoms. The fraction of sp³-hybridized carbons (Fsp3) is 0.545. The average Bonchev–Trinajstić information content (AvgIpc) is 3.57. The van der Waals surface area contributed by atoms with Crippen LogP contribution in [0.1, 0.15) is 33.6 Å². The summed E-state index contributed by atoms with van der Waals surface area (Å²) in [6, 6.07) is 3.13. The Morgan fingerprint density at radius 2 is 1.79 bits per heavy atom. The molecule has 0 saturated carbocycles. The molecule has 0 bridgehead atoms. The van der Waals surface area contributed by atoms with Crippen LogP contribution in [0.2, 0.25) is 0 Å². The Morgan fingerprint density at radius 3 is 2.47 bits per heavy atom. The molecule has 2 aliphatic rings. The Kier molecular flexibility index (Phi) is 5.37. The monoisotopic (exact) mass is 467 g/mol. The second-order valence-electron chi connectivity index (χ2n) is 9.73. The van der Waals surface area contributed by atoms with Gasteiger partial charge in [0.15, 0.2) is 5.76 Å². The van der Waals surface area contributed by atoms with Gasteiger partial charge in [-0.3, -0.25) is 9.59 Å². The highest BCUT2D eigenvalue weighted by Gasteiger charge is 2.38. The van der Waals surface area contributed by atoms with Crippen LogP contribution in [0.3, 0.4) is 0 Å². The molecule has 3 aromatic heterocycles. The summed E-state index contributed by atoms with van der Waals surface area (Å²) >= 11 is 0. The molecule has 5 heterocycles. The van der Waals surface area contributed by atoms with Gasteiger partial charge in [-0.2, -0.15) is 19.5 Å². The fourth-order valence-corrected chi connectivity index (χ4v) is 4.51. The molecule has 2 N–H and O–H groups in total. The van der Waals surface area contributed by atoms with E-state index in [-0.39, 0.29) is 23.8 Å². The molecule has 34 heavy (non-hydrogen) atoms. The second kappa shape index (κ2) is 8.26. The lowest BCUT2D eigenvalue weighted by atomic mass is 9.94. The molecule has 0 aromatic carbocycles. The summed E-state index contributed by atoms with van der Waals surface area (Å²) in [5, 5.41) is 4.32. The van der Waals surface area contributed by atoms with E-state index in [1.54, 1.807) is 18.4 Å². The van der Waals surface area contributed by atoms with Crippen molar-refractivity contribution in [1.82, 2.24) is 34.4 Å². The Morgan fingerprint density at radius 1 is 1.06 bits per heavy atom. The third-order valence-corrected chi connectivity index (χ3v) is 6.28. The zero-order valence-electron chi connectivity index (χ0n) is 19.6. The van der Waals surface area contributed by atoms with Gasteiger partial charge in [0.2, 0.25) is 29.5 Å². The third kappa shape index (κ3) is 3.93. The normalized spacial score (nSPS) is 19.3. The molecular formula is C22H29N9O3. The summed E-state index contributed by atoms with van der Waals surface area (Å²) in [5.74, 6) is 1.80. The molecule has 1 atom stereocenters. The lowest BCUT2D eigenvalue weighted by Gasteiger charge is -2.39. The number of rotatable bonds is 3. The molecule has 12 nitrogen and oxygen atoms in total. The van der Waals surface area contributed by atoms with Crippen molar-refractivity contribution in [1.29, 1.82) is 0 Å². The van der Waals surface area contributed by atoms with Gasteiger partial charge in [0, 0.05) is 38.1 Å². The van der Waals surface area contributed by atoms with Crippen LogP contribution in [0.5, 0.6) is 0 Å². The van der Waals surface area contributed by atoms with Gasteiger partial charge in [0.1, 0.15) is 6.04 Å². The topological polar surface area (TPSA) is 139 Å². The summed E-state index contributed by atoms with van der Waals surface area (Å²) in [4.78, 5) is 44.9. The first kappa shape index (κ1) is 22.1. The summed E-state index contributed by atoms with van der Waals surface area (Å²) in [5.41, 5.74) is 5.73. The second-order valence-corrected chi connectivity index (χ2v) is 9.73. The summed E-state index contributed by atoms with van der Waals surface area (Å²) in [6.07, 6.45) is 3.09. The number of aromatic nitrogens is 5. The number of carbonyl (C=O) groups excluding carboxylic acids is 2. The Labute approximate surface area is 196 Å². The number of fused-ring (bicyclic) bond motifs is 1. The number of nitrogens with zero attached hydrogens (tertiary/aromatic N) is 8. The van der Waals surface area contributed by atoms with Gasteiger partial charge < -0.3 is 24.9 Å². The van der Waals surface area contributed by atoms with E-state index in [0.717, 1.165) is 6.42 Å². The summed E-state index contributed by atoms with van der Waals surface area (Å²) < 4.78 is 6.72. The molecule has 5 rings (SSSR count). The standard InChI is InChI=1S/C22H29N9O3/c1-22(2,3)18(33)29-11-9-28(10-12-29)17(32)14-6-4-8-30(14)20-25-19(23)31-21(26-20)24-16(27-31)15-7-5-13-34-15/h5,7,13-14H,4,6,8-12H2,1-3H3,(H2,23,24,25,26,27)/t14-/m0/s1. The molecule has 2 fully saturated rings. The number of furan rings is 1. The highest BCUT2D eigenvalue weighted by Crippen LogP contribution is 2.27. The first-order valence-corrected chi connectivity index (χ1v) is 11.5. The van der Waals surface area contributed by atoms with Gasteiger partial charge in [-0.15, -0.1) is 5.10 Å². The number of carbonyl (C=O) groups is 2. The lowest BCUT2D eigenvalue weighted by Crippen LogP contribution is -2.56. The van der Waals surface area contributed by atoms with Crippen molar-refractivity contribution in [3.05, 3.63) is 18.4 Å². The fourth-order valence-electron chi connectivity index (χ4n) is 4.51. The van der Waals surface area contributed by atoms with E-state index in [1.807, 2.05) is 35.5 Å². The Balaban J connectivity index is 1.33. The van der Waals surface area contributed by atoms with Crippen LogP contribution >= 0.6 is 0 Å². The highest BCUT2D eigenvalue weighted by molar-refractivity contribution is 5.86. The first-order chi connectivity index (χ1) is 16.2. The van der Waals surface area contributed by atoms with Crippen LogP contribution in [0.25, 0.3) is 17.4 Å². The minimum absolute atomic E-state index is 0.0279. The number of amides is 2. The van der Waals surface area contributed by atoms with E-state index in [4.69, 9.17) is 10.2 Å². The van der Waals surface area contributed by atoms with Gasteiger partial charge >= 0.3 is 0 Å². The van der Waals surface area contributed by atoms with E-state index in [9.17, 15) is 9.59 Å².